The van der Waals surface area contributed by atoms with E-state index in [-0.39, 0.29) is 18.3 Å². The number of para-hydroxylation sites is 1. The van der Waals surface area contributed by atoms with Crippen molar-refractivity contribution in [3.05, 3.63) is 28.2 Å². The highest BCUT2D eigenvalue weighted by Gasteiger charge is 2.30. The van der Waals surface area contributed by atoms with Gasteiger partial charge in [-0.25, -0.2) is 0 Å². The van der Waals surface area contributed by atoms with Crippen LogP contribution in [0.15, 0.2) is 18.2 Å². The van der Waals surface area contributed by atoms with E-state index in [4.69, 9.17) is 33.2 Å². The maximum absolute atomic E-state index is 11.8. The number of hydrogen-bond donors (Lipinski definition) is 1. The van der Waals surface area contributed by atoms with Gasteiger partial charge in [-0.3, -0.25) is 4.79 Å². The Hall–Kier alpha value is -1.44. The number of nitrogens with zero attached hydrogens (tertiary/aromatic N) is 1. The van der Waals surface area contributed by atoms with Gasteiger partial charge in [-0.1, -0.05) is 43.1 Å². The fraction of sp³-hybridized carbons (Fsp3) is 0.429. The Morgan fingerprint density at radius 3 is 2.45 bits per heavy atom. The zero-order valence-electron chi connectivity index (χ0n) is 11.5. The van der Waals surface area contributed by atoms with E-state index in [0.29, 0.717) is 10.0 Å². The molecule has 0 heterocycles. The average molecular weight is 315 g/mol. The van der Waals surface area contributed by atoms with Crippen molar-refractivity contribution in [3.63, 3.8) is 0 Å². The summed E-state index contributed by atoms with van der Waals surface area (Å²) in [5.41, 5.74) is -0.940. The van der Waals surface area contributed by atoms with Crippen LogP contribution in [0, 0.1) is 17.2 Å². The van der Waals surface area contributed by atoms with Crippen LogP contribution in [0.25, 0.3) is 0 Å². The summed E-state index contributed by atoms with van der Waals surface area (Å²) in [5, 5.41) is 12.4. The summed E-state index contributed by atoms with van der Waals surface area (Å²) in [7, 11) is 0. The number of rotatable bonds is 5. The lowest BCUT2D eigenvalue weighted by Gasteiger charge is -2.27. The van der Waals surface area contributed by atoms with Crippen LogP contribution in [0.5, 0.6) is 5.75 Å². The third-order valence-electron chi connectivity index (χ3n) is 3.05. The second-order valence-corrected chi connectivity index (χ2v) is 5.67. The highest BCUT2D eigenvalue weighted by Crippen LogP contribution is 2.32. The van der Waals surface area contributed by atoms with Gasteiger partial charge in [-0.05, 0) is 25.0 Å². The van der Waals surface area contributed by atoms with E-state index in [1.54, 1.807) is 25.1 Å². The Balaban J connectivity index is 2.67. The minimum absolute atomic E-state index is 0.0275. The van der Waals surface area contributed by atoms with Gasteiger partial charge >= 0.3 is 0 Å². The SMILES string of the molecule is CC(C)C(C)(C#N)NC(=O)COc1c(Cl)cccc1Cl. The van der Waals surface area contributed by atoms with E-state index in [9.17, 15) is 4.79 Å². The Labute approximate surface area is 128 Å². The van der Waals surface area contributed by atoms with Gasteiger partial charge < -0.3 is 10.1 Å². The number of amides is 1. The van der Waals surface area contributed by atoms with Crippen LogP contribution in [0.4, 0.5) is 0 Å². The van der Waals surface area contributed by atoms with Gasteiger partial charge in [0, 0.05) is 0 Å². The Morgan fingerprint density at radius 2 is 2.00 bits per heavy atom. The number of carbonyl (C=O) groups excluding carboxylic acids is 1. The third-order valence-corrected chi connectivity index (χ3v) is 3.65. The van der Waals surface area contributed by atoms with Gasteiger partial charge in [0.1, 0.15) is 5.54 Å². The topological polar surface area (TPSA) is 62.1 Å². The van der Waals surface area contributed by atoms with Crippen LogP contribution in [0.1, 0.15) is 20.8 Å². The van der Waals surface area contributed by atoms with Crippen molar-refractivity contribution in [1.82, 2.24) is 5.32 Å². The summed E-state index contributed by atoms with van der Waals surface area (Å²) < 4.78 is 5.31. The summed E-state index contributed by atoms with van der Waals surface area (Å²) in [6.45, 7) is 5.12. The second kappa shape index (κ2) is 6.83. The maximum Gasteiger partial charge on any atom is 0.259 e. The lowest BCUT2D eigenvalue weighted by molar-refractivity contribution is -0.124. The lowest BCUT2D eigenvalue weighted by atomic mass is 9.90. The first-order valence-electron chi connectivity index (χ1n) is 6.09. The first kappa shape index (κ1) is 16.6. The molecule has 4 nitrogen and oxygen atoms in total. The molecule has 0 aliphatic rings. The zero-order chi connectivity index (χ0) is 15.3. The maximum atomic E-state index is 11.8. The minimum atomic E-state index is -0.940. The molecule has 0 fully saturated rings. The average Bonchev–Trinajstić information content (AvgIpc) is 2.37. The Bertz CT molecular complexity index is 520. The largest absolute Gasteiger partial charge is 0.481 e. The molecule has 0 aliphatic carbocycles. The normalized spacial score (nSPS) is 13.4. The fourth-order valence-corrected chi connectivity index (χ4v) is 1.89. The summed E-state index contributed by atoms with van der Waals surface area (Å²) in [4.78, 5) is 11.8. The molecular weight excluding hydrogens is 299 g/mol. The predicted octanol–water partition coefficient (Wildman–Crippen LogP) is 3.43. The molecule has 0 radical (unpaired) electrons. The predicted molar refractivity (Wildman–Crippen MR) is 79.0 cm³/mol. The van der Waals surface area contributed by atoms with Crippen LogP contribution in [0.3, 0.4) is 0 Å². The van der Waals surface area contributed by atoms with Gasteiger partial charge in [-0.15, -0.1) is 0 Å². The van der Waals surface area contributed by atoms with E-state index >= 15 is 0 Å². The van der Waals surface area contributed by atoms with E-state index < -0.39 is 11.4 Å². The van der Waals surface area contributed by atoms with Crippen molar-refractivity contribution in [1.29, 1.82) is 5.26 Å². The number of nitrogens with one attached hydrogen (secondary N) is 1. The molecule has 20 heavy (non-hydrogen) atoms. The number of hydrogen-bond acceptors (Lipinski definition) is 3. The van der Waals surface area contributed by atoms with Crippen molar-refractivity contribution in [2.75, 3.05) is 6.61 Å². The van der Waals surface area contributed by atoms with Crippen molar-refractivity contribution < 1.29 is 9.53 Å². The molecule has 0 aromatic heterocycles. The molecule has 0 saturated heterocycles. The molecule has 1 amide bonds. The molecule has 1 rings (SSSR count). The monoisotopic (exact) mass is 314 g/mol. The molecule has 1 atom stereocenters. The van der Waals surface area contributed by atoms with Gasteiger partial charge in [0.25, 0.3) is 5.91 Å². The van der Waals surface area contributed by atoms with E-state index in [2.05, 4.69) is 11.4 Å². The van der Waals surface area contributed by atoms with Crippen LogP contribution >= 0.6 is 23.2 Å². The minimum Gasteiger partial charge on any atom is -0.481 e. The summed E-state index contributed by atoms with van der Waals surface area (Å²) >= 11 is 11.9. The number of benzene rings is 1. The molecular formula is C14H16Cl2N2O2. The van der Waals surface area contributed by atoms with Crippen molar-refractivity contribution in [3.8, 4) is 11.8 Å². The summed E-state index contributed by atoms with van der Waals surface area (Å²) in [5.74, 6) is -0.173. The Kier molecular flexibility index (Phi) is 5.67. The summed E-state index contributed by atoms with van der Waals surface area (Å²) in [6.07, 6.45) is 0. The molecule has 0 bridgehead atoms. The number of ether oxygens (including phenoxy) is 1. The smallest absolute Gasteiger partial charge is 0.259 e. The van der Waals surface area contributed by atoms with Crippen LogP contribution < -0.4 is 10.1 Å². The van der Waals surface area contributed by atoms with Crippen LogP contribution in [-0.2, 0) is 4.79 Å². The molecule has 1 N–H and O–H groups in total. The van der Waals surface area contributed by atoms with E-state index in [0.717, 1.165) is 0 Å². The van der Waals surface area contributed by atoms with Gasteiger partial charge in [-0.2, -0.15) is 5.26 Å². The quantitative estimate of drug-likeness (QED) is 0.905. The molecule has 1 unspecified atom stereocenters. The van der Waals surface area contributed by atoms with E-state index in [1.807, 2.05) is 13.8 Å². The molecule has 0 spiro atoms. The molecule has 0 aliphatic heterocycles. The van der Waals surface area contributed by atoms with Gasteiger partial charge in [0.15, 0.2) is 12.4 Å². The number of halogens is 2. The fourth-order valence-electron chi connectivity index (χ4n) is 1.39. The van der Waals surface area contributed by atoms with Gasteiger partial charge in [0.2, 0.25) is 0 Å². The highest BCUT2D eigenvalue weighted by atomic mass is 35.5. The van der Waals surface area contributed by atoms with Crippen molar-refractivity contribution in [2.45, 2.75) is 26.3 Å². The molecule has 6 heteroatoms. The molecule has 0 saturated carbocycles. The van der Waals surface area contributed by atoms with Crippen molar-refractivity contribution >= 4 is 29.1 Å². The first-order valence-corrected chi connectivity index (χ1v) is 6.85. The van der Waals surface area contributed by atoms with Crippen molar-refractivity contribution in [2.24, 2.45) is 5.92 Å². The third kappa shape index (κ3) is 4.03. The Morgan fingerprint density at radius 1 is 1.45 bits per heavy atom. The zero-order valence-corrected chi connectivity index (χ0v) is 13.0. The second-order valence-electron chi connectivity index (χ2n) is 4.86. The lowest BCUT2D eigenvalue weighted by Crippen LogP contribution is -2.50. The first-order chi connectivity index (χ1) is 9.30. The van der Waals surface area contributed by atoms with Crippen LogP contribution in [-0.4, -0.2) is 18.1 Å². The standard InChI is InChI=1S/C14H16Cl2N2O2/c1-9(2)14(3,8-17)18-12(19)7-20-13-10(15)5-4-6-11(13)16/h4-6,9H,7H2,1-3H3,(H,18,19). The van der Waals surface area contributed by atoms with E-state index in [1.165, 1.54) is 0 Å². The molecule has 108 valence electrons. The number of carbonyl (C=O) groups is 1. The molecule has 1 aromatic carbocycles. The number of nitriles is 1. The highest BCUT2D eigenvalue weighted by molar-refractivity contribution is 6.37. The summed E-state index contributed by atoms with van der Waals surface area (Å²) in [6, 6.07) is 7.01. The van der Waals surface area contributed by atoms with Crippen LogP contribution in [0.2, 0.25) is 10.0 Å². The van der Waals surface area contributed by atoms with Gasteiger partial charge in [0.05, 0.1) is 16.1 Å². The molecule has 1 aromatic rings.